The van der Waals surface area contributed by atoms with Crippen LogP contribution in [0.15, 0.2) is 49.1 Å². The summed E-state index contributed by atoms with van der Waals surface area (Å²) in [5.74, 6) is -10.9. The maximum Gasteiger partial charge on any atom is 0.280 e. The molecule has 0 unspecified atom stereocenters. The minimum Gasteiger partial charge on any atom is -0.394 e. The zero-order valence-corrected chi connectivity index (χ0v) is 87.9. The zero-order chi connectivity index (χ0) is 105. The van der Waals surface area contributed by atoms with Crippen LogP contribution < -0.4 is 42.5 Å². The Morgan fingerprint density at radius 2 is 0.785 bits per heavy atom. The zero-order valence-electron chi connectivity index (χ0n) is 83.8. The van der Waals surface area contributed by atoms with E-state index in [4.69, 9.17) is 0 Å². The summed E-state index contributed by atoms with van der Waals surface area (Å²) in [4.78, 5) is 147. The van der Waals surface area contributed by atoms with E-state index in [0.29, 0.717) is 88.0 Å². The number of carbonyl (C=O) groups is 8. The molecule has 0 aromatic carbocycles. The van der Waals surface area contributed by atoms with E-state index in [-0.39, 0.29) is 131 Å². The van der Waals surface area contributed by atoms with E-state index in [9.17, 15) is 97.2 Å². The summed E-state index contributed by atoms with van der Waals surface area (Å²) in [7, 11) is -3.03. The predicted octanol–water partition coefficient (Wildman–Crippen LogP) is 16.2. The topological polar surface area (TPSA) is 444 Å². The molecule has 46 heteroatoms. The van der Waals surface area contributed by atoms with Crippen molar-refractivity contribution in [3.05, 3.63) is 114 Å². The molecule has 0 radical (unpaired) electrons. The number of pyridine rings is 4. The number of aryl methyl sites for hydroxylation is 3. The molecule has 784 valence electrons. The lowest BCUT2D eigenvalue weighted by Gasteiger charge is -2.31. The van der Waals surface area contributed by atoms with Gasteiger partial charge in [0.2, 0.25) is 0 Å². The highest BCUT2D eigenvalue weighted by atomic mass is 32.2. The number of halogens is 8. The highest BCUT2D eigenvalue weighted by Crippen LogP contribution is 2.47. The highest BCUT2D eigenvalue weighted by molar-refractivity contribution is 7.91. The summed E-state index contributed by atoms with van der Waals surface area (Å²) < 4.78 is 136. The van der Waals surface area contributed by atoms with Crippen molar-refractivity contribution in [2.45, 2.75) is 334 Å². The Morgan fingerprint density at radius 1 is 0.451 bits per heavy atom. The van der Waals surface area contributed by atoms with Crippen LogP contribution in [0.25, 0.3) is 41.8 Å². The number of aromatic nitrogens is 8. The first-order chi connectivity index (χ1) is 67.2. The van der Waals surface area contributed by atoms with Crippen molar-refractivity contribution in [3.8, 4) is 41.8 Å². The quantitative estimate of drug-likeness (QED) is 0.0250. The third-order valence-electron chi connectivity index (χ3n) is 25.9. The van der Waals surface area contributed by atoms with Crippen molar-refractivity contribution in [3.63, 3.8) is 0 Å². The van der Waals surface area contributed by atoms with Gasteiger partial charge in [0.05, 0.1) is 69.5 Å². The Labute approximate surface area is 847 Å². The van der Waals surface area contributed by atoms with Crippen LogP contribution in [0.5, 0.6) is 0 Å². The van der Waals surface area contributed by atoms with Crippen LogP contribution in [-0.2, 0) is 9.84 Å². The maximum atomic E-state index is 14.2. The third-order valence-corrected chi connectivity index (χ3v) is 31.9. The van der Waals surface area contributed by atoms with Gasteiger partial charge in [-0.1, -0.05) is 6.92 Å². The fourth-order valence-corrected chi connectivity index (χ4v) is 24.1. The number of sulfone groups is 1. The fraction of sp³-hybridized carbons (Fsp3) is 0.592. The van der Waals surface area contributed by atoms with E-state index >= 15 is 0 Å². The largest absolute Gasteiger partial charge is 0.394 e. The van der Waals surface area contributed by atoms with Crippen molar-refractivity contribution in [2.75, 3.05) is 59.0 Å². The number of hydrogen-bond donors (Lipinski definition) is 11. The number of nitrogens with zero attached hydrogens (tertiary/aromatic N) is 12. The second-order valence-electron chi connectivity index (χ2n) is 42.1. The molecule has 14 heterocycles. The second-order valence-corrected chi connectivity index (χ2v) is 48.4. The maximum absolute atomic E-state index is 14.2. The Morgan fingerprint density at radius 3 is 1.12 bits per heavy atom. The van der Waals surface area contributed by atoms with Gasteiger partial charge in [-0.15, -0.1) is 45.3 Å². The average Bonchev–Trinajstić information content (AvgIpc) is 1.61. The fourth-order valence-electron chi connectivity index (χ4n) is 18.5. The number of amides is 8. The van der Waals surface area contributed by atoms with Crippen LogP contribution in [-0.4, -0.2) is 275 Å². The van der Waals surface area contributed by atoms with Crippen molar-refractivity contribution in [1.29, 1.82) is 0 Å². The number of thiazole rings is 4. The molecule has 144 heavy (non-hydrogen) atoms. The molecule has 2 saturated carbocycles. The molecule has 16 rings (SSSR count). The van der Waals surface area contributed by atoms with Crippen LogP contribution in [0.4, 0.5) is 58.4 Å². The van der Waals surface area contributed by atoms with Gasteiger partial charge in [-0.2, -0.15) is 0 Å². The van der Waals surface area contributed by atoms with E-state index in [1.807, 2.05) is 92.3 Å². The lowest BCUT2D eigenvalue weighted by Crippen LogP contribution is -2.46. The number of likely N-dealkylation sites (tertiary alicyclic amines) is 3. The van der Waals surface area contributed by atoms with Gasteiger partial charge in [-0.05, 0) is 236 Å². The molecule has 8 aromatic heterocycles. The monoisotopic (exact) mass is 2100 g/mol. The molecule has 11 N–H and O–H groups in total. The Kier molecular flexibility index (Phi) is 33.9. The van der Waals surface area contributed by atoms with Crippen LogP contribution >= 0.6 is 45.3 Å². The first kappa shape index (κ1) is 111. The molecule has 2 aliphatic carbocycles. The molecule has 8 fully saturated rings. The van der Waals surface area contributed by atoms with Crippen molar-refractivity contribution in [2.24, 2.45) is 0 Å². The predicted molar refractivity (Wildman–Crippen MR) is 537 cm³/mol. The number of carbonyl (C=O) groups excluding carboxylic acids is 8. The van der Waals surface area contributed by atoms with E-state index in [2.05, 4.69) is 110 Å². The first-order valence-electron chi connectivity index (χ1n) is 48.3. The summed E-state index contributed by atoms with van der Waals surface area (Å²) in [6.45, 7) is 31.3. The molecule has 7 atom stereocenters. The molecule has 6 aliphatic heterocycles. The molecular weight excluding hydrogens is 1980 g/mol. The molecule has 8 aromatic rings. The van der Waals surface area contributed by atoms with Gasteiger partial charge >= 0.3 is 0 Å². The summed E-state index contributed by atoms with van der Waals surface area (Å²) in [5, 5.41) is 52.7. The molecule has 8 amide bonds. The number of fused-ring (bicyclic) bond motifs is 2. The lowest BCUT2D eigenvalue weighted by atomic mass is 9.89. The Hall–Kier alpha value is -10.7. The summed E-state index contributed by atoms with van der Waals surface area (Å²) in [6.07, 6.45) is 9.06. The van der Waals surface area contributed by atoms with Gasteiger partial charge in [0.15, 0.2) is 20.0 Å². The molecule has 2 bridgehead atoms. The number of aliphatic hydroxyl groups excluding tert-OH is 3. The van der Waals surface area contributed by atoms with Crippen molar-refractivity contribution in [1.82, 2.24) is 80.7 Å². The Bertz CT molecular complexity index is 6180. The van der Waals surface area contributed by atoms with Crippen LogP contribution in [0.2, 0.25) is 0 Å². The number of rotatable bonds is 24. The minimum absolute atomic E-state index is 0.00792. The summed E-state index contributed by atoms with van der Waals surface area (Å²) >= 11 is 3.97. The SMILES string of the molecule is CC[C@@H](C)Nc1cc(C)c(-c2sc(C(=O)N[C@@H]3CC[C@@H](O)C3)nc2C(=O)N2CC(F)(F)C[C@@H]2C)cn1.C[C@H]1CC(F)(F)CN1C(=O)c1nc(C(=O)NC2CC(O)C2)sc1-c1cnc(NC(C)(C)C)cc1C(F)F.Cc1cc(NC(C)(C)C)ncc1-c1sc(C(=O)NC2CCS(=O)(=O)CC2)nc1C(=O)N1C2CCC1CC2.Cc1cc(NC(C)(C)C)ncc1-c1sc(C(=O)N[C@H](C)CO)nc1C(=O)N1CC(F)(F)C[C@@H]1C. The minimum atomic E-state index is -3.09. The molecule has 6 saturated heterocycles. The number of hydrogen-bond acceptors (Lipinski definition) is 29. The molecular formula is C98H128F8N20O13S5. The standard InChI is InChI=1S/C26H35N5O4S2.C25H33F2N5O3S.C24H29F4N5O3S.C23H31F2N5O3S/c1-15-13-20(30-26(2,3)4)27-14-19(15)22-21(25(33)31-17-5-6-18(31)8-7-17)29-24(36-22)23(32)28-16-9-11-37(34,35)12-10-16;1-5-14(3)29-19-8-13(2)18(11-28-19)21-20(24(35)32-12-25(26,27)10-15(32)4)31-23(36-21)22(34)30-16-6-7-17(33)9-16;1-11-8-24(27,28)10-33(11)22(36)17-18(37-21(31-17)20(35)30-12-5-13(34)6-12)15-9-29-16(32-23(2,3)4)7-14(15)19(25)26;1-12-7-16(29-22(4,5)6)26-9-15(12)18-17(21(33)30-11-23(24,25)8-14(30)3)28-20(34-18)19(32)27-13(2)10-31/h13-14,16-18H,5-12H2,1-4H3,(H,27,30)(H,28,32);8,11,14-17,33H,5-7,9-10,12H2,1-4H3,(H,28,29)(H,30,34);7,9,11-13,19,34H,5-6,8,10H2,1-4H3,(H,29,32)(H,30,35);7,9,13-14,31H,8,10-11H2,1-6H3,(H,26,29)(H,27,32)/t;14-,15+,16-,17-;11-,12?,13?;13-,14+/m.101/s1. The van der Waals surface area contributed by atoms with Crippen LogP contribution in [0.1, 0.15) is 310 Å². The van der Waals surface area contributed by atoms with Gasteiger partial charge in [0, 0.05) is 149 Å². The van der Waals surface area contributed by atoms with Gasteiger partial charge in [-0.3, -0.25) is 38.4 Å². The lowest BCUT2D eigenvalue weighted by molar-refractivity contribution is 0.0115. The molecule has 0 spiro atoms. The molecule has 33 nitrogen and oxygen atoms in total. The van der Waals surface area contributed by atoms with Gasteiger partial charge < -0.3 is 77.5 Å². The van der Waals surface area contributed by atoms with Crippen molar-refractivity contribution >= 4 is 126 Å². The number of nitrogens with one attached hydrogen (secondary N) is 8. The van der Waals surface area contributed by atoms with E-state index in [1.165, 1.54) is 30.5 Å². The second kappa shape index (κ2) is 44.2. The smallest absolute Gasteiger partial charge is 0.280 e. The molecule has 8 aliphatic rings. The van der Waals surface area contributed by atoms with Gasteiger partial charge in [0.25, 0.3) is 71.5 Å². The number of aliphatic hydroxyl groups is 3. The van der Waals surface area contributed by atoms with E-state index in [0.717, 1.165) is 109 Å². The van der Waals surface area contributed by atoms with E-state index in [1.54, 1.807) is 39.4 Å². The average molecular weight is 2110 g/mol. The number of alkyl halides is 8. The summed E-state index contributed by atoms with van der Waals surface area (Å²) in [6, 6.07) is 4.21. The van der Waals surface area contributed by atoms with Gasteiger partial charge in [0.1, 0.15) is 55.9 Å². The van der Waals surface area contributed by atoms with Gasteiger partial charge in [-0.25, -0.2) is 83.4 Å². The number of anilines is 4. The normalized spacial score (nSPS) is 22.4. The third kappa shape index (κ3) is 27.4. The van der Waals surface area contributed by atoms with E-state index < -0.39 is 156 Å². The first-order valence-corrected chi connectivity index (χ1v) is 53.4. The van der Waals surface area contributed by atoms with Crippen molar-refractivity contribution < 1.29 is 97.2 Å². The highest BCUT2D eigenvalue weighted by Gasteiger charge is 2.51. The van der Waals surface area contributed by atoms with Crippen LogP contribution in [0, 0.1) is 20.8 Å². The van der Waals surface area contributed by atoms with Crippen LogP contribution in [0.3, 0.4) is 0 Å². The summed E-state index contributed by atoms with van der Waals surface area (Å²) in [5.41, 5.74) is 3.06. The Balaban J connectivity index is 0.000000161.